The monoisotopic (exact) mass is 261 g/mol. The Morgan fingerprint density at radius 2 is 1.88 bits per heavy atom. The molecule has 0 amide bonds. The van der Waals surface area contributed by atoms with Crippen molar-refractivity contribution in [3.63, 3.8) is 0 Å². The Bertz CT molecular complexity index is 351. The maximum Gasteiger partial charge on any atom is 0.147 e. The van der Waals surface area contributed by atoms with Crippen molar-refractivity contribution >= 4 is 15.6 Å². The summed E-state index contributed by atoms with van der Waals surface area (Å²) in [6.45, 7) is 0. The molecule has 100 valence electrons. The highest BCUT2D eigenvalue weighted by molar-refractivity contribution is 7.90. The van der Waals surface area contributed by atoms with E-state index in [1.165, 1.54) is 6.26 Å². The van der Waals surface area contributed by atoms with E-state index in [9.17, 15) is 13.2 Å². The van der Waals surface area contributed by atoms with Crippen molar-refractivity contribution in [3.05, 3.63) is 0 Å². The molecular weight excluding hydrogens is 238 g/mol. The van der Waals surface area contributed by atoms with E-state index in [1.54, 1.807) is 0 Å². The molecule has 0 bridgehead atoms. The average molecular weight is 261 g/mol. The van der Waals surface area contributed by atoms with Crippen LogP contribution in [-0.2, 0) is 14.6 Å². The van der Waals surface area contributed by atoms with Crippen molar-refractivity contribution in [1.29, 1.82) is 0 Å². The lowest BCUT2D eigenvalue weighted by atomic mass is 9.89. The van der Waals surface area contributed by atoms with Crippen LogP contribution in [0.2, 0.25) is 0 Å². The second-order valence-electron chi connectivity index (χ2n) is 5.11. The van der Waals surface area contributed by atoms with Crippen molar-refractivity contribution in [2.75, 3.05) is 12.0 Å². The number of ketones is 1. The van der Waals surface area contributed by atoms with Gasteiger partial charge in [0.15, 0.2) is 0 Å². The van der Waals surface area contributed by atoms with Crippen LogP contribution in [0.4, 0.5) is 0 Å². The van der Waals surface area contributed by atoms with Crippen LogP contribution in [0.5, 0.6) is 0 Å². The highest BCUT2D eigenvalue weighted by Gasteiger charge is 2.26. The quantitative estimate of drug-likeness (QED) is 0.756. The molecule has 0 aromatic heterocycles. The second-order valence-corrected chi connectivity index (χ2v) is 7.37. The number of Topliss-reactive ketones (excluding diaryl/α,β-unsaturated/α-hetero) is 1. The minimum Gasteiger partial charge on any atom is -0.327 e. The third-order valence-corrected chi connectivity index (χ3v) is 4.45. The molecule has 1 rings (SSSR count). The van der Waals surface area contributed by atoms with Crippen LogP contribution in [0.15, 0.2) is 0 Å². The Kier molecular flexibility index (Phi) is 5.59. The normalized spacial score (nSPS) is 26.5. The molecule has 2 atom stereocenters. The first kappa shape index (κ1) is 14.6. The number of sulfone groups is 1. The first-order valence-electron chi connectivity index (χ1n) is 6.36. The SMILES string of the molecule is CS(=O)(=O)CCCC(=O)C1CCCCCC1N. The van der Waals surface area contributed by atoms with Crippen LogP contribution in [0.1, 0.15) is 44.9 Å². The van der Waals surface area contributed by atoms with Crippen molar-refractivity contribution < 1.29 is 13.2 Å². The maximum atomic E-state index is 12.0. The molecule has 5 heteroatoms. The number of nitrogens with two attached hydrogens (primary N) is 1. The lowest BCUT2D eigenvalue weighted by Gasteiger charge is -2.19. The molecule has 0 aliphatic heterocycles. The Balaban J connectivity index is 2.40. The van der Waals surface area contributed by atoms with Crippen LogP contribution in [0, 0.1) is 5.92 Å². The lowest BCUT2D eigenvalue weighted by Crippen LogP contribution is -2.34. The zero-order valence-corrected chi connectivity index (χ0v) is 11.3. The van der Waals surface area contributed by atoms with Gasteiger partial charge in [-0.05, 0) is 19.3 Å². The molecule has 1 saturated carbocycles. The highest BCUT2D eigenvalue weighted by Crippen LogP contribution is 2.24. The summed E-state index contributed by atoms with van der Waals surface area (Å²) in [5.74, 6) is 0.209. The zero-order chi connectivity index (χ0) is 12.9. The van der Waals surface area contributed by atoms with Crippen LogP contribution in [0.3, 0.4) is 0 Å². The summed E-state index contributed by atoms with van der Waals surface area (Å²) in [6.07, 6.45) is 7.10. The molecule has 0 heterocycles. The van der Waals surface area contributed by atoms with Gasteiger partial charge < -0.3 is 5.73 Å². The molecule has 0 aromatic carbocycles. The standard InChI is InChI=1S/C12H23NO3S/c1-17(15,16)9-5-8-12(14)10-6-3-2-4-7-11(10)13/h10-11H,2-9,13H2,1H3. The van der Waals surface area contributed by atoms with E-state index in [1.807, 2.05) is 0 Å². The summed E-state index contributed by atoms with van der Waals surface area (Å²) >= 11 is 0. The molecular formula is C12H23NO3S. The largest absolute Gasteiger partial charge is 0.327 e. The van der Waals surface area contributed by atoms with Gasteiger partial charge in [-0.3, -0.25) is 4.79 Å². The molecule has 2 unspecified atom stereocenters. The molecule has 1 aliphatic carbocycles. The topological polar surface area (TPSA) is 77.2 Å². The van der Waals surface area contributed by atoms with E-state index >= 15 is 0 Å². The number of carbonyl (C=O) groups excluding carboxylic acids is 1. The fraction of sp³-hybridized carbons (Fsp3) is 0.917. The van der Waals surface area contributed by atoms with Gasteiger partial charge >= 0.3 is 0 Å². The van der Waals surface area contributed by atoms with Crippen LogP contribution >= 0.6 is 0 Å². The van der Waals surface area contributed by atoms with Crippen molar-refractivity contribution in [1.82, 2.24) is 0 Å². The predicted molar refractivity (Wildman–Crippen MR) is 68.5 cm³/mol. The highest BCUT2D eigenvalue weighted by atomic mass is 32.2. The minimum atomic E-state index is -2.95. The summed E-state index contributed by atoms with van der Waals surface area (Å²) in [4.78, 5) is 12.0. The molecule has 4 nitrogen and oxygen atoms in total. The summed E-state index contributed by atoms with van der Waals surface area (Å²) in [5, 5.41) is 0. The number of rotatable bonds is 5. The number of hydrogen-bond donors (Lipinski definition) is 1. The van der Waals surface area contributed by atoms with Gasteiger partial charge in [-0.25, -0.2) is 8.42 Å². The van der Waals surface area contributed by atoms with E-state index in [2.05, 4.69) is 0 Å². The fourth-order valence-electron chi connectivity index (χ4n) is 2.43. The molecule has 0 spiro atoms. The molecule has 2 N–H and O–H groups in total. The van der Waals surface area contributed by atoms with Crippen LogP contribution in [-0.4, -0.2) is 32.3 Å². The Hall–Kier alpha value is -0.420. The summed E-state index contributed by atoms with van der Waals surface area (Å²) in [7, 11) is -2.95. The number of carbonyl (C=O) groups is 1. The van der Waals surface area contributed by atoms with Gasteiger partial charge in [-0.15, -0.1) is 0 Å². The Morgan fingerprint density at radius 3 is 2.53 bits per heavy atom. The molecule has 0 radical (unpaired) electrons. The van der Waals surface area contributed by atoms with Gasteiger partial charge in [0.05, 0.1) is 5.75 Å². The fourth-order valence-corrected chi connectivity index (χ4v) is 3.10. The predicted octanol–water partition coefficient (Wildman–Crippen LogP) is 1.29. The molecule has 0 aromatic rings. The van der Waals surface area contributed by atoms with E-state index in [-0.39, 0.29) is 23.5 Å². The Labute approximate surface area is 104 Å². The van der Waals surface area contributed by atoms with Gasteiger partial charge in [0.1, 0.15) is 15.6 Å². The molecule has 1 fully saturated rings. The molecule has 17 heavy (non-hydrogen) atoms. The smallest absolute Gasteiger partial charge is 0.147 e. The van der Waals surface area contributed by atoms with E-state index < -0.39 is 9.84 Å². The molecule has 1 aliphatic rings. The van der Waals surface area contributed by atoms with Crippen molar-refractivity contribution in [2.45, 2.75) is 51.0 Å². The zero-order valence-electron chi connectivity index (χ0n) is 10.5. The van der Waals surface area contributed by atoms with Gasteiger partial charge in [0.25, 0.3) is 0 Å². The average Bonchev–Trinajstić information content (AvgIpc) is 2.40. The third-order valence-electron chi connectivity index (χ3n) is 3.42. The van der Waals surface area contributed by atoms with E-state index in [0.717, 1.165) is 32.1 Å². The van der Waals surface area contributed by atoms with Crippen LogP contribution in [0.25, 0.3) is 0 Å². The van der Waals surface area contributed by atoms with E-state index in [0.29, 0.717) is 12.8 Å². The first-order chi connectivity index (χ1) is 7.90. The Morgan fingerprint density at radius 1 is 1.24 bits per heavy atom. The minimum absolute atomic E-state index is 0.0248. The first-order valence-corrected chi connectivity index (χ1v) is 8.42. The van der Waals surface area contributed by atoms with Crippen molar-refractivity contribution in [2.24, 2.45) is 11.7 Å². The van der Waals surface area contributed by atoms with Gasteiger partial charge in [-0.1, -0.05) is 19.3 Å². The van der Waals surface area contributed by atoms with Crippen LogP contribution < -0.4 is 5.73 Å². The number of hydrogen-bond acceptors (Lipinski definition) is 4. The maximum absolute atomic E-state index is 12.0. The summed E-state index contributed by atoms with van der Waals surface area (Å²) < 4.78 is 21.9. The lowest BCUT2D eigenvalue weighted by molar-refractivity contribution is -0.123. The van der Waals surface area contributed by atoms with E-state index in [4.69, 9.17) is 5.73 Å². The van der Waals surface area contributed by atoms with Gasteiger partial charge in [-0.2, -0.15) is 0 Å². The molecule has 0 saturated heterocycles. The second kappa shape index (κ2) is 6.50. The summed E-state index contributed by atoms with van der Waals surface area (Å²) in [5.41, 5.74) is 6.00. The summed E-state index contributed by atoms with van der Waals surface area (Å²) in [6, 6.07) is -0.0248. The van der Waals surface area contributed by atoms with Crippen molar-refractivity contribution in [3.8, 4) is 0 Å². The van der Waals surface area contributed by atoms with Gasteiger partial charge in [0.2, 0.25) is 0 Å². The van der Waals surface area contributed by atoms with Gasteiger partial charge in [0, 0.05) is 24.6 Å². The third kappa shape index (κ3) is 5.64.